The Hall–Kier alpha value is -1.62. The number of carbonyl (C=O) groups excluding carboxylic acids is 1. The second-order valence-corrected chi connectivity index (χ2v) is 4.33. The zero-order valence-electron chi connectivity index (χ0n) is 11.6. The molecule has 1 amide bonds. The van der Waals surface area contributed by atoms with E-state index in [2.05, 4.69) is 0 Å². The topological polar surface area (TPSA) is 55.6 Å². The van der Waals surface area contributed by atoms with Gasteiger partial charge in [0.25, 0.3) is 5.91 Å². The van der Waals surface area contributed by atoms with E-state index in [0.717, 1.165) is 0 Å². The minimum Gasteiger partial charge on any atom is -0.484 e. The third-order valence-corrected chi connectivity index (χ3v) is 2.94. The third kappa shape index (κ3) is 4.21. The maximum absolute atomic E-state index is 13.7. The monoisotopic (exact) mass is 268 g/mol. The number of hydrogen-bond donors (Lipinski definition) is 1. The van der Waals surface area contributed by atoms with Crippen LogP contribution < -0.4 is 10.5 Å². The molecule has 4 nitrogen and oxygen atoms in total. The second kappa shape index (κ2) is 7.09. The van der Waals surface area contributed by atoms with Crippen LogP contribution in [0.15, 0.2) is 18.2 Å². The summed E-state index contributed by atoms with van der Waals surface area (Å²) in [5.74, 6) is -0.188. The normalized spacial score (nSPS) is 12.1. The van der Waals surface area contributed by atoms with Gasteiger partial charge in [-0.15, -0.1) is 0 Å². The van der Waals surface area contributed by atoms with Gasteiger partial charge in [-0.2, -0.15) is 0 Å². The maximum atomic E-state index is 13.7. The number of benzene rings is 1. The molecule has 1 unspecified atom stereocenters. The molecule has 19 heavy (non-hydrogen) atoms. The zero-order chi connectivity index (χ0) is 14.4. The van der Waals surface area contributed by atoms with Crippen molar-refractivity contribution in [2.45, 2.75) is 26.8 Å². The van der Waals surface area contributed by atoms with Gasteiger partial charge in [-0.3, -0.25) is 4.79 Å². The van der Waals surface area contributed by atoms with E-state index in [0.29, 0.717) is 24.4 Å². The Balaban J connectivity index is 2.64. The van der Waals surface area contributed by atoms with Crippen LogP contribution in [0.2, 0.25) is 0 Å². The minimum atomic E-state index is -0.414. The zero-order valence-corrected chi connectivity index (χ0v) is 11.6. The SMILES string of the molecule is CCN(CC)C(=O)COc1ccc(C(C)N)c(F)c1. The van der Waals surface area contributed by atoms with Crippen molar-refractivity contribution in [1.82, 2.24) is 4.90 Å². The van der Waals surface area contributed by atoms with E-state index < -0.39 is 5.82 Å². The van der Waals surface area contributed by atoms with E-state index in [1.54, 1.807) is 24.0 Å². The number of carbonyl (C=O) groups is 1. The van der Waals surface area contributed by atoms with E-state index in [4.69, 9.17) is 10.5 Å². The van der Waals surface area contributed by atoms with Crippen LogP contribution in [0.4, 0.5) is 4.39 Å². The summed E-state index contributed by atoms with van der Waals surface area (Å²) in [5.41, 5.74) is 6.05. The summed E-state index contributed by atoms with van der Waals surface area (Å²) >= 11 is 0. The Kier molecular flexibility index (Phi) is 5.76. The van der Waals surface area contributed by atoms with Crippen LogP contribution in [-0.4, -0.2) is 30.5 Å². The van der Waals surface area contributed by atoms with Crippen molar-refractivity contribution >= 4 is 5.91 Å². The Morgan fingerprint density at radius 3 is 2.53 bits per heavy atom. The molecular weight excluding hydrogens is 247 g/mol. The summed E-state index contributed by atoms with van der Waals surface area (Å²) in [5, 5.41) is 0. The molecule has 1 atom stereocenters. The smallest absolute Gasteiger partial charge is 0.260 e. The molecule has 0 fully saturated rings. The van der Waals surface area contributed by atoms with Crippen LogP contribution >= 0.6 is 0 Å². The average Bonchev–Trinajstić information content (AvgIpc) is 2.37. The highest BCUT2D eigenvalue weighted by Gasteiger charge is 2.12. The number of nitrogens with two attached hydrogens (primary N) is 1. The highest BCUT2D eigenvalue weighted by Crippen LogP contribution is 2.20. The van der Waals surface area contributed by atoms with Crippen molar-refractivity contribution in [3.63, 3.8) is 0 Å². The molecule has 1 aromatic carbocycles. The highest BCUT2D eigenvalue weighted by atomic mass is 19.1. The molecule has 0 heterocycles. The molecule has 1 rings (SSSR count). The van der Waals surface area contributed by atoms with Crippen molar-refractivity contribution in [2.75, 3.05) is 19.7 Å². The fraction of sp³-hybridized carbons (Fsp3) is 0.500. The van der Waals surface area contributed by atoms with Crippen molar-refractivity contribution in [3.05, 3.63) is 29.6 Å². The van der Waals surface area contributed by atoms with Gasteiger partial charge in [-0.05, 0) is 26.8 Å². The summed E-state index contributed by atoms with van der Waals surface area (Å²) < 4.78 is 19.0. The molecule has 0 radical (unpaired) electrons. The lowest BCUT2D eigenvalue weighted by molar-refractivity contribution is -0.132. The molecule has 2 N–H and O–H groups in total. The van der Waals surface area contributed by atoms with E-state index in [1.165, 1.54) is 6.07 Å². The van der Waals surface area contributed by atoms with Crippen molar-refractivity contribution < 1.29 is 13.9 Å². The standard InChI is InChI=1S/C14H21FN2O2/c1-4-17(5-2)14(18)9-19-11-6-7-12(10(3)16)13(15)8-11/h6-8,10H,4-5,9,16H2,1-3H3. The summed E-state index contributed by atoms with van der Waals surface area (Å²) in [6.45, 7) is 6.70. The number of ether oxygens (including phenoxy) is 1. The van der Waals surface area contributed by atoms with Crippen molar-refractivity contribution in [3.8, 4) is 5.75 Å². The number of rotatable bonds is 6. The number of halogens is 1. The molecule has 106 valence electrons. The summed E-state index contributed by atoms with van der Waals surface area (Å²) in [6, 6.07) is 4.09. The van der Waals surface area contributed by atoms with Gasteiger partial charge in [0.1, 0.15) is 11.6 Å². The first-order valence-electron chi connectivity index (χ1n) is 6.45. The van der Waals surface area contributed by atoms with E-state index in [1.807, 2.05) is 13.8 Å². The van der Waals surface area contributed by atoms with Crippen LogP contribution in [0.25, 0.3) is 0 Å². The average molecular weight is 268 g/mol. The number of likely N-dealkylation sites (N-methyl/N-ethyl adjacent to an activating group) is 1. The molecule has 5 heteroatoms. The lowest BCUT2D eigenvalue weighted by Gasteiger charge is -2.18. The van der Waals surface area contributed by atoms with Gasteiger partial charge in [-0.25, -0.2) is 4.39 Å². The Labute approximate surface area is 113 Å². The molecule has 0 aliphatic rings. The van der Waals surface area contributed by atoms with E-state index >= 15 is 0 Å². The lowest BCUT2D eigenvalue weighted by atomic mass is 10.1. The number of nitrogens with zero attached hydrogens (tertiary/aromatic N) is 1. The molecule has 0 aliphatic carbocycles. The Morgan fingerprint density at radius 1 is 1.42 bits per heavy atom. The fourth-order valence-electron chi connectivity index (χ4n) is 1.78. The predicted molar refractivity (Wildman–Crippen MR) is 72.4 cm³/mol. The molecule has 0 aromatic heterocycles. The largest absolute Gasteiger partial charge is 0.484 e. The number of hydrogen-bond acceptors (Lipinski definition) is 3. The first kappa shape index (κ1) is 15.4. The van der Waals surface area contributed by atoms with Gasteiger partial charge in [0.05, 0.1) is 0 Å². The Morgan fingerprint density at radius 2 is 2.05 bits per heavy atom. The fourth-order valence-corrected chi connectivity index (χ4v) is 1.78. The predicted octanol–water partition coefficient (Wildman–Crippen LogP) is 2.09. The molecule has 0 aliphatic heterocycles. The molecule has 0 saturated heterocycles. The first-order chi connectivity index (χ1) is 8.99. The molecular formula is C14H21FN2O2. The van der Waals surface area contributed by atoms with Crippen LogP contribution in [0, 0.1) is 5.82 Å². The minimum absolute atomic E-state index is 0.0847. The first-order valence-corrected chi connectivity index (χ1v) is 6.45. The third-order valence-electron chi connectivity index (χ3n) is 2.94. The quantitative estimate of drug-likeness (QED) is 0.859. The highest BCUT2D eigenvalue weighted by molar-refractivity contribution is 5.77. The van der Waals surface area contributed by atoms with E-state index in [-0.39, 0.29) is 18.6 Å². The van der Waals surface area contributed by atoms with Gasteiger partial charge in [0.2, 0.25) is 0 Å². The van der Waals surface area contributed by atoms with Crippen LogP contribution in [0.5, 0.6) is 5.75 Å². The van der Waals surface area contributed by atoms with E-state index in [9.17, 15) is 9.18 Å². The molecule has 0 saturated carbocycles. The summed E-state index contributed by atoms with van der Waals surface area (Å²) in [7, 11) is 0. The molecule has 0 bridgehead atoms. The van der Waals surface area contributed by atoms with Crippen molar-refractivity contribution in [1.29, 1.82) is 0 Å². The molecule has 1 aromatic rings. The van der Waals surface area contributed by atoms with Gasteiger partial charge in [-0.1, -0.05) is 6.07 Å². The lowest BCUT2D eigenvalue weighted by Crippen LogP contribution is -2.34. The molecule has 0 spiro atoms. The van der Waals surface area contributed by atoms with Crippen LogP contribution in [-0.2, 0) is 4.79 Å². The number of amides is 1. The van der Waals surface area contributed by atoms with Crippen LogP contribution in [0.1, 0.15) is 32.4 Å². The summed E-state index contributed by atoms with van der Waals surface area (Å²) in [4.78, 5) is 13.4. The van der Waals surface area contributed by atoms with Gasteiger partial charge < -0.3 is 15.4 Å². The van der Waals surface area contributed by atoms with Crippen LogP contribution in [0.3, 0.4) is 0 Å². The van der Waals surface area contributed by atoms with Gasteiger partial charge in [0, 0.05) is 30.8 Å². The Bertz CT molecular complexity index is 431. The van der Waals surface area contributed by atoms with Crippen molar-refractivity contribution in [2.24, 2.45) is 5.73 Å². The van der Waals surface area contributed by atoms with Gasteiger partial charge >= 0.3 is 0 Å². The second-order valence-electron chi connectivity index (χ2n) is 4.33. The van der Waals surface area contributed by atoms with Gasteiger partial charge in [0.15, 0.2) is 6.61 Å². The summed E-state index contributed by atoms with van der Waals surface area (Å²) in [6.07, 6.45) is 0. The maximum Gasteiger partial charge on any atom is 0.260 e.